The molecule has 1 aliphatic rings. The van der Waals surface area contributed by atoms with Crippen molar-refractivity contribution in [2.75, 3.05) is 13.2 Å². The van der Waals surface area contributed by atoms with Crippen LogP contribution in [-0.4, -0.2) is 48.8 Å². The lowest BCUT2D eigenvalue weighted by Crippen LogP contribution is -2.47. The molecular weight excluding hydrogens is 545 g/mol. The molecule has 40 heavy (non-hydrogen) atoms. The molecule has 0 unspecified atom stereocenters. The van der Waals surface area contributed by atoms with E-state index in [0.29, 0.717) is 17.2 Å². The molecule has 0 saturated carbocycles. The molecule has 0 radical (unpaired) electrons. The van der Waals surface area contributed by atoms with Crippen molar-refractivity contribution in [3.8, 4) is 11.8 Å². The van der Waals surface area contributed by atoms with Crippen molar-refractivity contribution in [1.29, 1.82) is 0 Å². The van der Waals surface area contributed by atoms with Gasteiger partial charge in [-0.3, -0.25) is 14.2 Å². The molecule has 1 aromatic heterocycles. The van der Waals surface area contributed by atoms with Crippen molar-refractivity contribution in [3.63, 3.8) is 0 Å². The van der Waals surface area contributed by atoms with Crippen LogP contribution in [0.5, 0.6) is 0 Å². The van der Waals surface area contributed by atoms with Crippen molar-refractivity contribution >= 4 is 14.2 Å². The molecule has 3 rings (SSSR count). The molecule has 1 aliphatic heterocycles. The first kappa shape index (κ1) is 31.5. The van der Waals surface area contributed by atoms with Crippen molar-refractivity contribution < 1.29 is 31.9 Å². The second kappa shape index (κ2) is 12.3. The van der Waals surface area contributed by atoms with Gasteiger partial charge in [-0.15, -0.1) is 5.92 Å². The normalized spacial score (nSPS) is 19.8. The number of carbonyl (C=O) groups excluding carboxylic acids is 1. The number of benzene rings is 1. The maximum Gasteiger partial charge on any atom is 0.423 e. The topological polar surface area (TPSA) is 88.8 Å². The van der Waals surface area contributed by atoms with Gasteiger partial charge in [0.1, 0.15) is 24.5 Å². The Morgan fingerprint density at radius 1 is 1.12 bits per heavy atom. The SMILES string of the molecule is CCC#CCO[C@H]1C[C@H](n2cc(C(F)(F)F)c(=O)n(C(=O)c3ccccc3)c2=O)O[C@@H]1CO[Si](C)(C)C(C)(C)C. The van der Waals surface area contributed by atoms with Crippen LogP contribution < -0.4 is 11.2 Å². The lowest BCUT2D eigenvalue weighted by molar-refractivity contribution is -0.139. The Balaban J connectivity index is 2.04. The number of alkyl halides is 3. The van der Waals surface area contributed by atoms with Gasteiger partial charge < -0.3 is 13.9 Å². The van der Waals surface area contributed by atoms with Gasteiger partial charge >= 0.3 is 11.9 Å². The van der Waals surface area contributed by atoms with E-state index in [1.807, 2.05) is 20.0 Å². The van der Waals surface area contributed by atoms with Crippen molar-refractivity contribution in [1.82, 2.24) is 9.13 Å². The predicted octanol–water partition coefficient (Wildman–Crippen LogP) is 4.83. The monoisotopic (exact) mass is 580 g/mol. The molecule has 0 bridgehead atoms. The summed E-state index contributed by atoms with van der Waals surface area (Å²) in [7, 11) is -2.23. The maximum atomic E-state index is 13.9. The molecule has 8 nitrogen and oxygen atoms in total. The van der Waals surface area contributed by atoms with Crippen LogP contribution in [0.25, 0.3) is 0 Å². The summed E-state index contributed by atoms with van der Waals surface area (Å²) >= 11 is 0. The molecule has 12 heteroatoms. The Labute approximate surface area is 232 Å². The van der Waals surface area contributed by atoms with E-state index in [0.717, 1.165) is 0 Å². The average Bonchev–Trinajstić information content (AvgIpc) is 3.27. The molecule has 218 valence electrons. The molecule has 0 amide bonds. The minimum atomic E-state index is -5.12. The van der Waals surface area contributed by atoms with Crippen LogP contribution in [0.1, 0.15) is 62.7 Å². The highest BCUT2D eigenvalue weighted by atomic mass is 28.4. The van der Waals surface area contributed by atoms with Crippen molar-refractivity contribution in [3.05, 3.63) is 68.5 Å². The third-order valence-corrected chi connectivity index (χ3v) is 11.7. The molecule has 1 aromatic carbocycles. The van der Waals surface area contributed by atoms with Crippen LogP contribution in [-0.2, 0) is 20.1 Å². The molecule has 2 heterocycles. The van der Waals surface area contributed by atoms with Crippen LogP contribution in [0, 0.1) is 11.8 Å². The van der Waals surface area contributed by atoms with Gasteiger partial charge in [0.25, 0.3) is 11.5 Å². The molecule has 3 atom stereocenters. The van der Waals surface area contributed by atoms with E-state index >= 15 is 0 Å². The van der Waals surface area contributed by atoms with Gasteiger partial charge in [0.05, 0.1) is 12.7 Å². The van der Waals surface area contributed by atoms with Crippen LogP contribution in [0.4, 0.5) is 13.2 Å². The summed E-state index contributed by atoms with van der Waals surface area (Å²) in [4.78, 5) is 39.2. The summed E-state index contributed by atoms with van der Waals surface area (Å²) in [5.41, 5.74) is -4.77. The second-order valence-electron chi connectivity index (χ2n) is 11.0. The number of ether oxygens (including phenoxy) is 2. The zero-order valence-corrected chi connectivity index (χ0v) is 24.5. The summed E-state index contributed by atoms with van der Waals surface area (Å²) in [6.07, 6.45) is -6.75. The summed E-state index contributed by atoms with van der Waals surface area (Å²) in [5, 5.41) is -0.111. The molecular formula is C28H35F3N2O6Si. The van der Waals surface area contributed by atoms with E-state index in [-0.39, 0.29) is 34.8 Å². The van der Waals surface area contributed by atoms with E-state index in [1.165, 1.54) is 24.3 Å². The number of rotatable bonds is 7. The summed E-state index contributed by atoms with van der Waals surface area (Å²) < 4.78 is 60.6. The molecule has 0 N–H and O–H groups in total. The Morgan fingerprint density at radius 3 is 2.35 bits per heavy atom. The number of hydrogen-bond acceptors (Lipinski definition) is 6. The highest BCUT2D eigenvalue weighted by Gasteiger charge is 2.44. The van der Waals surface area contributed by atoms with E-state index in [4.69, 9.17) is 13.9 Å². The number of hydrogen-bond donors (Lipinski definition) is 0. The van der Waals surface area contributed by atoms with Crippen LogP contribution in [0.2, 0.25) is 18.1 Å². The standard InChI is InChI=1S/C28H35F3N2O6Si/c1-7-8-12-15-37-21-16-23(39-22(21)18-38-40(5,6)27(2,3)4)32-17-20(28(29,30)31)25(35)33(26(32)36)24(34)19-13-10-9-11-14-19/h9-11,13-14,17,21-23H,7,15-16,18H2,1-6H3/t21-,22+,23+/m0/s1. The largest absolute Gasteiger partial charge is 0.423 e. The smallest absolute Gasteiger partial charge is 0.414 e. The Hall–Kier alpha value is -2.98. The highest BCUT2D eigenvalue weighted by molar-refractivity contribution is 6.74. The molecule has 1 fully saturated rings. The van der Waals surface area contributed by atoms with Crippen LogP contribution in [0.15, 0.2) is 46.1 Å². The first-order valence-electron chi connectivity index (χ1n) is 13.0. The molecule has 0 aliphatic carbocycles. The van der Waals surface area contributed by atoms with Gasteiger partial charge in [0.2, 0.25) is 0 Å². The maximum absolute atomic E-state index is 13.9. The number of nitrogens with zero attached hydrogens (tertiary/aromatic N) is 2. The van der Waals surface area contributed by atoms with Crippen molar-refractivity contribution in [2.45, 2.75) is 83.3 Å². The van der Waals surface area contributed by atoms with Gasteiger partial charge in [0.15, 0.2) is 8.32 Å². The second-order valence-corrected chi connectivity index (χ2v) is 15.8. The first-order valence-corrected chi connectivity index (χ1v) is 15.9. The summed E-state index contributed by atoms with van der Waals surface area (Å²) in [6, 6.07) is 7.15. The van der Waals surface area contributed by atoms with E-state index in [9.17, 15) is 27.6 Å². The minimum absolute atomic E-state index is 0.00353. The van der Waals surface area contributed by atoms with Gasteiger partial charge in [-0.1, -0.05) is 51.8 Å². The van der Waals surface area contributed by atoms with Crippen molar-refractivity contribution in [2.24, 2.45) is 0 Å². The van der Waals surface area contributed by atoms with E-state index in [2.05, 4.69) is 32.6 Å². The number of halogens is 3. The minimum Gasteiger partial charge on any atom is -0.414 e. The van der Waals surface area contributed by atoms with Gasteiger partial charge in [-0.25, -0.2) is 4.79 Å². The molecule has 1 saturated heterocycles. The lowest BCUT2D eigenvalue weighted by Gasteiger charge is -2.37. The average molecular weight is 581 g/mol. The zero-order chi connectivity index (χ0) is 29.9. The number of carbonyl (C=O) groups is 1. The third kappa shape index (κ3) is 7.01. The lowest BCUT2D eigenvalue weighted by atomic mass is 10.2. The van der Waals surface area contributed by atoms with Gasteiger partial charge in [0, 0.05) is 24.6 Å². The Bertz CT molecular complexity index is 1380. The van der Waals surface area contributed by atoms with E-state index < -0.39 is 55.6 Å². The van der Waals surface area contributed by atoms with Gasteiger partial charge in [-0.05, 0) is 30.3 Å². The fourth-order valence-electron chi connectivity index (χ4n) is 3.89. The summed E-state index contributed by atoms with van der Waals surface area (Å²) in [5.74, 6) is 4.57. The first-order chi connectivity index (χ1) is 18.6. The molecule has 2 aromatic rings. The third-order valence-electron chi connectivity index (χ3n) is 7.22. The number of aromatic nitrogens is 2. The highest BCUT2D eigenvalue weighted by Crippen LogP contribution is 2.38. The van der Waals surface area contributed by atoms with Crippen LogP contribution >= 0.6 is 0 Å². The molecule has 0 spiro atoms. The quantitative estimate of drug-likeness (QED) is 0.345. The van der Waals surface area contributed by atoms with Crippen LogP contribution in [0.3, 0.4) is 0 Å². The zero-order valence-electron chi connectivity index (χ0n) is 23.5. The van der Waals surface area contributed by atoms with E-state index in [1.54, 1.807) is 6.07 Å². The summed E-state index contributed by atoms with van der Waals surface area (Å²) in [6.45, 7) is 12.3. The Kier molecular flexibility index (Phi) is 9.67. The predicted molar refractivity (Wildman–Crippen MR) is 146 cm³/mol. The van der Waals surface area contributed by atoms with Gasteiger partial charge in [-0.2, -0.15) is 17.7 Å². The fraction of sp³-hybridized carbons (Fsp3) is 0.536. The Morgan fingerprint density at radius 2 is 1.77 bits per heavy atom. The fourth-order valence-corrected chi connectivity index (χ4v) is 4.90.